The molecule has 0 fully saturated rings. The van der Waals surface area contributed by atoms with Crippen molar-refractivity contribution in [2.24, 2.45) is 0 Å². The van der Waals surface area contributed by atoms with E-state index in [1.54, 1.807) is 0 Å². The van der Waals surface area contributed by atoms with Gasteiger partial charge in [0.2, 0.25) is 5.88 Å². The van der Waals surface area contributed by atoms with Gasteiger partial charge in [-0.3, -0.25) is 4.98 Å². The van der Waals surface area contributed by atoms with Crippen molar-refractivity contribution < 1.29 is 9.84 Å². The fourth-order valence-corrected chi connectivity index (χ4v) is 1.83. The molecule has 0 saturated heterocycles. The van der Waals surface area contributed by atoms with Crippen LogP contribution >= 0.6 is 15.9 Å². The number of aromatic nitrogens is 2. The highest BCUT2D eigenvalue weighted by Gasteiger charge is 2.04. The van der Waals surface area contributed by atoms with Crippen molar-refractivity contribution in [2.45, 2.75) is 13.5 Å². The maximum atomic E-state index is 8.95. The van der Waals surface area contributed by atoms with E-state index in [9.17, 15) is 0 Å². The number of aryl methyl sites for hydroxylation is 1. The lowest BCUT2D eigenvalue weighted by molar-refractivity contribution is 0.274. The van der Waals surface area contributed by atoms with Crippen molar-refractivity contribution in [2.75, 3.05) is 0 Å². The molecule has 0 spiro atoms. The van der Waals surface area contributed by atoms with Gasteiger partial charge in [-0.1, -0.05) is 15.9 Å². The van der Waals surface area contributed by atoms with Gasteiger partial charge in [0.1, 0.15) is 5.75 Å². The van der Waals surface area contributed by atoms with E-state index >= 15 is 0 Å². The molecule has 0 aliphatic heterocycles. The van der Waals surface area contributed by atoms with Crippen LogP contribution in [-0.4, -0.2) is 15.1 Å². The van der Waals surface area contributed by atoms with E-state index in [-0.39, 0.29) is 6.61 Å². The fourth-order valence-electron chi connectivity index (χ4n) is 1.35. The van der Waals surface area contributed by atoms with Crippen LogP contribution in [0.3, 0.4) is 0 Å². The summed E-state index contributed by atoms with van der Waals surface area (Å²) in [5.41, 5.74) is 1.48. The van der Waals surface area contributed by atoms with Crippen molar-refractivity contribution >= 4 is 15.9 Å². The fraction of sp³-hybridized carbons (Fsp3) is 0.167. The number of rotatable bonds is 3. The molecule has 2 rings (SSSR count). The summed E-state index contributed by atoms with van der Waals surface area (Å²) in [4.78, 5) is 8.05. The lowest BCUT2D eigenvalue weighted by atomic mass is 10.2. The first-order chi connectivity index (χ1) is 8.19. The molecule has 0 saturated carbocycles. The Labute approximate surface area is 107 Å². The molecule has 0 amide bonds. The van der Waals surface area contributed by atoms with Crippen molar-refractivity contribution in [3.63, 3.8) is 0 Å². The maximum Gasteiger partial charge on any atom is 0.238 e. The van der Waals surface area contributed by atoms with Crippen LogP contribution in [0.2, 0.25) is 0 Å². The van der Waals surface area contributed by atoms with Crippen LogP contribution in [0.4, 0.5) is 0 Å². The molecule has 1 aromatic carbocycles. The van der Waals surface area contributed by atoms with Gasteiger partial charge in [0.15, 0.2) is 0 Å². The third-order valence-corrected chi connectivity index (χ3v) is 2.67. The number of hydrogen-bond donors (Lipinski definition) is 1. The first-order valence-corrected chi connectivity index (χ1v) is 5.84. The van der Waals surface area contributed by atoms with E-state index in [0.29, 0.717) is 11.6 Å². The Kier molecular flexibility index (Phi) is 3.71. The number of nitrogens with zero attached hydrogens (tertiary/aromatic N) is 2. The molecule has 1 N–H and O–H groups in total. The summed E-state index contributed by atoms with van der Waals surface area (Å²) in [6, 6.07) is 5.71. The highest BCUT2D eigenvalue weighted by atomic mass is 79.9. The summed E-state index contributed by atoms with van der Waals surface area (Å²) < 4.78 is 6.60. The van der Waals surface area contributed by atoms with Gasteiger partial charge < -0.3 is 9.84 Å². The van der Waals surface area contributed by atoms with Gasteiger partial charge in [0, 0.05) is 4.47 Å². The molecule has 4 nitrogen and oxygen atoms in total. The molecule has 88 valence electrons. The SMILES string of the molecule is Cc1cc(Br)ccc1Oc1cncc(CO)n1. The lowest BCUT2D eigenvalue weighted by Crippen LogP contribution is -1.95. The van der Waals surface area contributed by atoms with Crippen molar-refractivity contribution in [1.82, 2.24) is 9.97 Å². The van der Waals surface area contributed by atoms with E-state index < -0.39 is 0 Å². The van der Waals surface area contributed by atoms with E-state index in [1.165, 1.54) is 12.4 Å². The van der Waals surface area contributed by atoms with Crippen LogP contribution < -0.4 is 4.74 Å². The molecule has 2 aromatic rings. The van der Waals surface area contributed by atoms with Gasteiger partial charge in [-0.05, 0) is 30.7 Å². The summed E-state index contributed by atoms with van der Waals surface area (Å²) in [5.74, 6) is 1.10. The van der Waals surface area contributed by atoms with Crippen LogP contribution in [0.5, 0.6) is 11.6 Å². The Morgan fingerprint density at radius 1 is 1.35 bits per heavy atom. The molecule has 0 radical (unpaired) electrons. The van der Waals surface area contributed by atoms with Gasteiger partial charge >= 0.3 is 0 Å². The molecule has 0 bridgehead atoms. The maximum absolute atomic E-state index is 8.95. The Hall–Kier alpha value is -1.46. The van der Waals surface area contributed by atoms with Gasteiger partial charge in [-0.25, -0.2) is 4.98 Å². The molecule has 1 heterocycles. The quantitative estimate of drug-likeness (QED) is 0.946. The van der Waals surface area contributed by atoms with Crippen LogP contribution in [0.25, 0.3) is 0 Å². The highest BCUT2D eigenvalue weighted by molar-refractivity contribution is 9.10. The third-order valence-electron chi connectivity index (χ3n) is 2.18. The van der Waals surface area contributed by atoms with Crippen LogP contribution in [0, 0.1) is 6.92 Å². The number of hydrogen-bond acceptors (Lipinski definition) is 4. The average molecular weight is 295 g/mol. The first kappa shape index (κ1) is 12.0. The second-order valence-corrected chi connectivity index (χ2v) is 4.43. The molecular formula is C12H11BrN2O2. The zero-order chi connectivity index (χ0) is 12.3. The number of halogens is 1. The molecular weight excluding hydrogens is 284 g/mol. The second kappa shape index (κ2) is 5.25. The Balaban J connectivity index is 2.25. The number of aliphatic hydroxyl groups excluding tert-OH is 1. The van der Waals surface area contributed by atoms with Crippen molar-refractivity contribution in [3.05, 3.63) is 46.3 Å². The number of aliphatic hydroxyl groups is 1. The normalized spacial score (nSPS) is 10.3. The zero-order valence-electron chi connectivity index (χ0n) is 9.22. The van der Waals surface area contributed by atoms with Crippen LogP contribution in [0.15, 0.2) is 35.1 Å². The third kappa shape index (κ3) is 3.01. The van der Waals surface area contributed by atoms with E-state index in [0.717, 1.165) is 15.8 Å². The van der Waals surface area contributed by atoms with Crippen LogP contribution in [0.1, 0.15) is 11.3 Å². The zero-order valence-corrected chi connectivity index (χ0v) is 10.8. The Bertz CT molecular complexity index is 532. The van der Waals surface area contributed by atoms with E-state index in [1.807, 2.05) is 25.1 Å². The Morgan fingerprint density at radius 2 is 2.18 bits per heavy atom. The summed E-state index contributed by atoms with van der Waals surface area (Å²) in [7, 11) is 0. The van der Waals surface area contributed by atoms with Crippen molar-refractivity contribution in [3.8, 4) is 11.6 Å². The predicted octanol–water partition coefficient (Wildman–Crippen LogP) is 2.83. The summed E-state index contributed by atoms with van der Waals surface area (Å²) >= 11 is 3.39. The molecule has 5 heteroatoms. The van der Waals surface area contributed by atoms with Gasteiger partial charge in [-0.15, -0.1) is 0 Å². The molecule has 0 atom stereocenters. The lowest BCUT2D eigenvalue weighted by Gasteiger charge is -2.08. The second-order valence-electron chi connectivity index (χ2n) is 3.52. The van der Waals surface area contributed by atoms with Gasteiger partial charge in [0.25, 0.3) is 0 Å². The minimum absolute atomic E-state index is 0.149. The summed E-state index contributed by atoms with van der Waals surface area (Å²) in [5, 5.41) is 8.95. The number of ether oxygens (including phenoxy) is 1. The standard InChI is InChI=1S/C12H11BrN2O2/c1-8-4-9(13)2-3-11(8)17-12-6-14-5-10(7-16)15-12/h2-6,16H,7H2,1H3. The molecule has 17 heavy (non-hydrogen) atoms. The molecule has 1 aromatic heterocycles. The van der Waals surface area contributed by atoms with E-state index in [2.05, 4.69) is 25.9 Å². The average Bonchev–Trinajstić information content (AvgIpc) is 2.33. The first-order valence-electron chi connectivity index (χ1n) is 5.05. The summed E-state index contributed by atoms with van der Waals surface area (Å²) in [6.07, 6.45) is 3.02. The predicted molar refractivity (Wildman–Crippen MR) is 66.9 cm³/mol. The van der Waals surface area contributed by atoms with Crippen molar-refractivity contribution in [1.29, 1.82) is 0 Å². The van der Waals surface area contributed by atoms with Crippen LogP contribution in [-0.2, 0) is 6.61 Å². The van der Waals surface area contributed by atoms with E-state index in [4.69, 9.17) is 9.84 Å². The topological polar surface area (TPSA) is 55.2 Å². The molecule has 0 unspecified atom stereocenters. The smallest absolute Gasteiger partial charge is 0.238 e. The molecule has 0 aliphatic rings. The molecule has 0 aliphatic carbocycles. The minimum Gasteiger partial charge on any atom is -0.437 e. The Morgan fingerprint density at radius 3 is 2.88 bits per heavy atom. The number of benzene rings is 1. The monoisotopic (exact) mass is 294 g/mol. The highest BCUT2D eigenvalue weighted by Crippen LogP contribution is 2.26. The summed E-state index contributed by atoms with van der Waals surface area (Å²) in [6.45, 7) is 1.80. The van der Waals surface area contributed by atoms with Gasteiger partial charge in [0.05, 0.1) is 24.7 Å². The van der Waals surface area contributed by atoms with Gasteiger partial charge in [-0.2, -0.15) is 0 Å². The minimum atomic E-state index is -0.149. The largest absolute Gasteiger partial charge is 0.437 e.